The third kappa shape index (κ3) is 4.98. The average molecular weight is 457 g/mol. The van der Waals surface area contributed by atoms with Gasteiger partial charge in [0.1, 0.15) is 0 Å². The van der Waals surface area contributed by atoms with Gasteiger partial charge in [-0.1, -0.05) is 144 Å². The summed E-state index contributed by atoms with van der Waals surface area (Å²) in [6.45, 7) is 8.00. The summed E-state index contributed by atoms with van der Waals surface area (Å²) in [6, 6.07) is 43.8. The third-order valence-corrected chi connectivity index (χ3v) is 6.05. The Labute approximate surface area is 210 Å². The van der Waals surface area contributed by atoms with Crippen LogP contribution in [0.15, 0.2) is 121 Å². The summed E-state index contributed by atoms with van der Waals surface area (Å²) in [6.07, 6.45) is 0. The molecule has 0 N–H and O–H groups in total. The highest BCUT2D eigenvalue weighted by molar-refractivity contribution is 6.25. The van der Waals surface area contributed by atoms with Crippen molar-refractivity contribution in [1.82, 2.24) is 0 Å². The molecule has 0 atom stereocenters. The van der Waals surface area contributed by atoms with Crippen molar-refractivity contribution in [3.63, 3.8) is 0 Å². The van der Waals surface area contributed by atoms with Gasteiger partial charge >= 0.3 is 0 Å². The Bertz CT molecular complexity index is 1490. The van der Waals surface area contributed by atoms with Gasteiger partial charge < -0.3 is 0 Å². The largest absolute Gasteiger partial charge is 0.0776 e. The van der Waals surface area contributed by atoms with Crippen LogP contribution in [0, 0.1) is 0 Å². The van der Waals surface area contributed by atoms with Crippen molar-refractivity contribution in [1.29, 1.82) is 0 Å². The van der Waals surface area contributed by atoms with Crippen molar-refractivity contribution in [2.75, 3.05) is 0 Å². The number of fused-ring (bicyclic) bond motifs is 6. The molecule has 0 unspecified atom stereocenters. The fourth-order valence-electron chi connectivity index (χ4n) is 4.60. The molecule has 0 bridgehead atoms. The van der Waals surface area contributed by atoms with Gasteiger partial charge in [0.25, 0.3) is 0 Å². The molecule has 6 aromatic rings. The molecule has 0 amide bonds. The summed E-state index contributed by atoms with van der Waals surface area (Å²) in [5, 5.41) is 7.89. The highest BCUT2D eigenvalue weighted by Crippen LogP contribution is 2.37. The van der Waals surface area contributed by atoms with E-state index in [-0.39, 0.29) is 7.43 Å². The van der Waals surface area contributed by atoms with E-state index in [0.717, 1.165) is 0 Å². The van der Waals surface area contributed by atoms with E-state index < -0.39 is 0 Å². The maximum absolute atomic E-state index is 2.36. The summed E-state index contributed by atoms with van der Waals surface area (Å²) in [7, 11) is 0. The third-order valence-electron chi connectivity index (χ3n) is 6.05. The fourth-order valence-corrected chi connectivity index (χ4v) is 4.60. The molecule has 0 fully saturated rings. The predicted octanol–water partition coefficient (Wildman–Crippen LogP) is 11.2. The quantitative estimate of drug-likeness (QED) is 0.227. The first-order valence-electron chi connectivity index (χ1n) is 12.4. The van der Waals surface area contributed by atoms with Crippen LogP contribution in [0.3, 0.4) is 0 Å². The van der Waals surface area contributed by atoms with Crippen LogP contribution in [0.2, 0.25) is 0 Å². The van der Waals surface area contributed by atoms with Crippen molar-refractivity contribution in [2.45, 2.75) is 35.1 Å². The Morgan fingerprint density at radius 1 is 0.286 bits per heavy atom. The minimum Gasteiger partial charge on any atom is -0.0776 e. The second-order valence-corrected chi connectivity index (χ2v) is 7.80. The van der Waals surface area contributed by atoms with Crippen LogP contribution in [0.4, 0.5) is 0 Å². The minimum atomic E-state index is 0. The lowest BCUT2D eigenvalue weighted by Crippen LogP contribution is -1.85. The van der Waals surface area contributed by atoms with Gasteiger partial charge in [0.15, 0.2) is 0 Å². The molecule has 0 heteroatoms. The van der Waals surface area contributed by atoms with E-state index in [0.29, 0.717) is 0 Å². The van der Waals surface area contributed by atoms with E-state index in [1.807, 2.05) is 27.7 Å². The second kappa shape index (κ2) is 12.0. The molecule has 0 heterocycles. The van der Waals surface area contributed by atoms with Crippen LogP contribution in [-0.2, 0) is 0 Å². The Morgan fingerprint density at radius 2 is 0.657 bits per heavy atom. The summed E-state index contributed by atoms with van der Waals surface area (Å²) in [5.74, 6) is 0. The van der Waals surface area contributed by atoms with Crippen LogP contribution in [-0.4, -0.2) is 0 Å². The molecule has 0 saturated carbocycles. The Hall–Kier alpha value is -3.90. The van der Waals surface area contributed by atoms with Crippen molar-refractivity contribution in [3.8, 4) is 22.3 Å². The van der Waals surface area contributed by atoms with Gasteiger partial charge in [-0.05, 0) is 66.7 Å². The van der Waals surface area contributed by atoms with E-state index >= 15 is 0 Å². The SMILES string of the molecule is C.CC.CC.c1ccc(-c2cccc(-c3ccc4c5ccccc5c5ccccc5c4c3)c2)cc1. The van der Waals surface area contributed by atoms with Crippen LogP contribution < -0.4 is 0 Å². The van der Waals surface area contributed by atoms with E-state index in [1.165, 1.54) is 54.6 Å². The summed E-state index contributed by atoms with van der Waals surface area (Å²) in [5.41, 5.74) is 4.99. The Kier molecular flexibility index (Phi) is 8.81. The van der Waals surface area contributed by atoms with Gasteiger partial charge in [-0.3, -0.25) is 0 Å². The Morgan fingerprint density at radius 3 is 1.20 bits per heavy atom. The highest BCUT2D eigenvalue weighted by atomic mass is 14.1. The molecular weight excluding hydrogens is 420 g/mol. The zero-order valence-corrected chi connectivity index (χ0v) is 20.5. The first kappa shape index (κ1) is 25.7. The van der Waals surface area contributed by atoms with Crippen LogP contribution in [0.25, 0.3) is 54.6 Å². The monoisotopic (exact) mass is 456 g/mol. The highest BCUT2D eigenvalue weighted by Gasteiger charge is 2.09. The maximum atomic E-state index is 2.36. The number of benzene rings is 6. The second-order valence-electron chi connectivity index (χ2n) is 7.80. The molecule has 6 rings (SSSR count). The normalized spacial score (nSPS) is 10.1. The lowest BCUT2D eigenvalue weighted by molar-refractivity contribution is 1.50. The zero-order chi connectivity index (χ0) is 23.9. The lowest BCUT2D eigenvalue weighted by Gasteiger charge is -2.12. The van der Waals surface area contributed by atoms with Crippen LogP contribution >= 0.6 is 0 Å². The van der Waals surface area contributed by atoms with E-state index in [1.54, 1.807) is 0 Å². The Balaban J connectivity index is 0.000000653. The van der Waals surface area contributed by atoms with Crippen molar-refractivity contribution >= 4 is 32.3 Å². The molecule has 0 aromatic heterocycles. The standard InChI is InChI=1S/C30H20.2C2H6.CH4/c1-2-9-21(10-3-1)22-11-8-12-23(19-22)24-17-18-29-27-15-5-4-13-25(27)26-14-6-7-16-28(26)30(29)20-24;2*1-2;/h1-20H;2*1-2H3;1H4. The van der Waals surface area contributed by atoms with E-state index in [9.17, 15) is 0 Å². The van der Waals surface area contributed by atoms with Gasteiger partial charge in [-0.15, -0.1) is 0 Å². The molecule has 0 radical (unpaired) electrons. The zero-order valence-electron chi connectivity index (χ0n) is 20.5. The number of rotatable bonds is 2. The molecule has 0 aliphatic heterocycles. The molecule has 0 aliphatic carbocycles. The molecule has 0 nitrogen and oxygen atoms in total. The number of hydrogen-bond donors (Lipinski definition) is 0. The molecular formula is C35H36. The van der Waals surface area contributed by atoms with Crippen molar-refractivity contribution < 1.29 is 0 Å². The smallest absolute Gasteiger partial charge is 0.00928 e. The predicted molar refractivity (Wildman–Crippen MR) is 159 cm³/mol. The lowest BCUT2D eigenvalue weighted by atomic mass is 9.91. The average Bonchev–Trinajstić information content (AvgIpc) is 2.96. The molecule has 6 aromatic carbocycles. The van der Waals surface area contributed by atoms with Crippen LogP contribution in [0.1, 0.15) is 35.1 Å². The summed E-state index contributed by atoms with van der Waals surface area (Å²) >= 11 is 0. The van der Waals surface area contributed by atoms with E-state index in [2.05, 4.69) is 121 Å². The fraction of sp³-hybridized carbons (Fsp3) is 0.143. The molecule has 0 spiro atoms. The van der Waals surface area contributed by atoms with Crippen molar-refractivity contribution in [2.24, 2.45) is 0 Å². The summed E-state index contributed by atoms with van der Waals surface area (Å²) < 4.78 is 0. The van der Waals surface area contributed by atoms with Gasteiger partial charge in [0.05, 0.1) is 0 Å². The van der Waals surface area contributed by atoms with Gasteiger partial charge in [-0.25, -0.2) is 0 Å². The molecule has 0 saturated heterocycles. The first-order valence-corrected chi connectivity index (χ1v) is 12.4. The molecule has 0 aliphatic rings. The minimum absolute atomic E-state index is 0. The van der Waals surface area contributed by atoms with Gasteiger partial charge in [0.2, 0.25) is 0 Å². The van der Waals surface area contributed by atoms with Crippen LogP contribution in [0.5, 0.6) is 0 Å². The summed E-state index contributed by atoms with van der Waals surface area (Å²) in [4.78, 5) is 0. The maximum Gasteiger partial charge on any atom is -0.00928 e. The van der Waals surface area contributed by atoms with Gasteiger partial charge in [-0.2, -0.15) is 0 Å². The topological polar surface area (TPSA) is 0 Å². The molecule has 35 heavy (non-hydrogen) atoms. The van der Waals surface area contributed by atoms with Crippen molar-refractivity contribution in [3.05, 3.63) is 121 Å². The number of hydrogen-bond acceptors (Lipinski definition) is 0. The van der Waals surface area contributed by atoms with E-state index in [4.69, 9.17) is 0 Å². The molecule has 176 valence electrons. The first-order chi connectivity index (χ1) is 16.9. The van der Waals surface area contributed by atoms with Gasteiger partial charge in [0, 0.05) is 0 Å².